The van der Waals surface area contributed by atoms with E-state index in [1.807, 2.05) is 32.9 Å². The Kier molecular flexibility index (Phi) is 8.35. The van der Waals surface area contributed by atoms with Crippen LogP contribution < -0.4 is 9.78 Å². The normalized spacial score (nSPS) is 13.8. The Morgan fingerprint density at radius 3 is 2.36 bits per heavy atom. The van der Waals surface area contributed by atoms with Crippen molar-refractivity contribution >= 4 is 42.6 Å². The molecule has 0 amide bonds. The molecule has 0 spiro atoms. The Morgan fingerprint density at radius 2 is 1.72 bits per heavy atom. The minimum atomic E-state index is -0.936. The van der Waals surface area contributed by atoms with E-state index >= 15 is 0 Å². The summed E-state index contributed by atoms with van der Waals surface area (Å²) in [5.41, 5.74) is 6.37. The summed E-state index contributed by atoms with van der Waals surface area (Å²) < 4.78 is 6.58. The Bertz CT molecular complexity index is 1470. The molecule has 0 unspecified atom stereocenters. The first-order valence-corrected chi connectivity index (χ1v) is 14.5. The number of nitrogens with one attached hydrogen (secondary N) is 1. The van der Waals surface area contributed by atoms with Crippen molar-refractivity contribution < 1.29 is 19.4 Å². The van der Waals surface area contributed by atoms with Crippen molar-refractivity contribution in [2.24, 2.45) is 0 Å². The zero-order chi connectivity index (χ0) is 28.2. The Labute approximate surface area is 236 Å². The molecule has 0 saturated heterocycles. The van der Waals surface area contributed by atoms with Gasteiger partial charge in [0.2, 0.25) is 0 Å². The number of fused-ring (bicyclic) bond motifs is 1. The zero-order valence-electron chi connectivity index (χ0n) is 22.9. The van der Waals surface area contributed by atoms with E-state index in [2.05, 4.69) is 66.3 Å². The molecule has 1 aliphatic carbocycles. The van der Waals surface area contributed by atoms with E-state index < -0.39 is 11.6 Å². The van der Waals surface area contributed by atoms with Gasteiger partial charge in [-0.3, -0.25) is 4.79 Å². The number of carbonyl (C=O) groups excluding carboxylic acids is 1. The minimum absolute atomic E-state index is 0.0138. The Balaban J connectivity index is 1.48. The van der Waals surface area contributed by atoms with Crippen LogP contribution in [0.1, 0.15) is 73.7 Å². The van der Waals surface area contributed by atoms with Gasteiger partial charge in [0.25, 0.3) is 0 Å². The van der Waals surface area contributed by atoms with Crippen LogP contribution in [0.5, 0.6) is 0 Å². The van der Waals surface area contributed by atoms with E-state index in [0.29, 0.717) is 0 Å². The molecule has 0 radical (unpaired) electrons. The maximum absolute atomic E-state index is 12.0. The van der Waals surface area contributed by atoms with Crippen LogP contribution in [0, 0.1) is 10.7 Å². The van der Waals surface area contributed by atoms with E-state index in [1.54, 1.807) is 24.3 Å². The third-order valence-corrected chi connectivity index (χ3v) is 7.83. The van der Waals surface area contributed by atoms with E-state index in [9.17, 15) is 9.59 Å². The van der Waals surface area contributed by atoms with Crippen molar-refractivity contribution in [2.45, 2.75) is 52.1 Å². The quantitative estimate of drug-likeness (QED) is 0.224. The van der Waals surface area contributed by atoms with Crippen LogP contribution >= 0.6 is 0 Å². The van der Waals surface area contributed by atoms with Crippen LogP contribution in [0.15, 0.2) is 72.8 Å². The summed E-state index contributed by atoms with van der Waals surface area (Å²) in [6.45, 7) is 10.2. The van der Waals surface area contributed by atoms with Crippen LogP contribution in [0.2, 0.25) is 0 Å². The predicted molar refractivity (Wildman–Crippen MR) is 158 cm³/mol. The van der Waals surface area contributed by atoms with Gasteiger partial charge in [0, 0.05) is 0 Å². The molecule has 2 N–H and O–H groups in total. The summed E-state index contributed by atoms with van der Waals surface area (Å²) in [6.07, 6.45) is 3.25. The van der Waals surface area contributed by atoms with Crippen molar-refractivity contribution in [3.8, 4) is 10.7 Å². The topological polar surface area (TPSA) is 75.6 Å². The fourth-order valence-corrected chi connectivity index (χ4v) is 5.65. The second-order valence-electron chi connectivity index (χ2n) is 11.1. The Hall–Kier alpha value is -3.78. The van der Waals surface area contributed by atoms with Gasteiger partial charge in [-0.2, -0.15) is 0 Å². The number of anilines is 1. The molecule has 39 heavy (non-hydrogen) atoms. The van der Waals surface area contributed by atoms with E-state index in [0.717, 1.165) is 23.2 Å². The number of carbonyl (C=O) groups is 2. The van der Waals surface area contributed by atoms with Crippen molar-refractivity contribution in [3.63, 3.8) is 0 Å². The molecule has 5 nitrogen and oxygen atoms in total. The summed E-state index contributed by atoms with van der Waals surface area (Å²) in [5.74, 6) is 1.95. The molecule has 0 aromatic heterocycles. The van der Waals surface area contributed by atoms with Crippen LogP contribution in [-0.2, 0) is 14.9 Å². The van der Waals surface area contributed by atoms with Gasteiger partial charge < -0.3 is 4.74 Å². The van der Waals surface area contributed by atoms with Gasteiger partial charge in [-0.15, -0.1) is 0 Å². The number of rotatable bonds is 6. The summed E-state index contributed by atoms with van der Waals surface area (Å²) in [7, 11) is 0. The average molecular weight is 587 g/mol. The van der Waals surface area contributed by atoms with Crippen LogP contribution in [0.3, 0.4) is 0 Å². The molecule has 0 heterocycles. The summed E-state index contributed by atoms with van der Waals surface area (Å²) in [6, 6.07) is 21.5. The SMILES string of the molecule is CC(C)(C)OC(=O)CNc1ccc(C2=CCC(C)(C)c3cc([Se]C#Cc4ccc(C(=O)O)cc4)ccc32)cc1. The van der Waals surface area contributed by atoms with Gasteiger partial charge in [0.05, 0.1) is 0 Å². The number of carboxylic acids is 1. The summed E-state index contributed by atoms with van der Waals surface area (Å²) in [5, 5.41) is 12.2. The van der Waals surface area contributed by atoms with E-state index in [4.69, 9.17) is 9.84 Å². The number of ether oxygens (including phenoxy) is 1. The van der Waals surface area contributed by atoms with Gasteiger partial charge >= 0.3 is 201 Å². The summed E-state index contributed by atoms with van der Waals surface area (Å²) in [4.78, 5) is 26.4. The molecule has 0 bridgehead atoms. The number of aromatic carboxylic acids is 1. The van der Waals surface area contributed by atoms with Gasteiger partial charge in [-0.1, -0.05) is 0 Å². The molecule has 0 aliphatic heterocycles. The molecule has 1 aliphatic rings. The van der Waals surface area contributed by atoms with Gasteiger partial charge in [0.15, 0.2) is 0 Å². The van der Waals surface area contributed by atoms with Gasteiger partial charge in [0.1, 0.15) is 5.60 Å². The molecule has 3 aromatic carbocycles. The number of hydrogen-bond acceptors (Lipinski definition) is 4. The summed E-state index contributed by atoms with van der Waals surface area (Å²) >= 11 is -0.0284. The standard InChI is InChI=1S/C33H33NO4Se/c1-32(2,3)38-30(35)21-34-25-12-10-23(11-13-25)27-16-18-33(4,5)29-20-26(14-15-28(27)29)39-19-17-22-6-8-24(9-7-22)31(36)37/h6-16,20,34H,18,21H2,1-5H3,(H,36,37). The van der Waals surface area contributed by atoms with Crippen molar-refractivity contribution in [1.29, 1.82) is 0 Å². The zero-order valence-corrected chi connectivity index (χ0v) is 24.6. The van der Waals surface area contributed by atoms with Gasteiger partial charge in [-0.25, -0.2) is 0 Å². The first-order valence-electron chi connectivity index (χ1n) is 12.8. The number of benzene rings is 3. The number of hydrogen-bond donors (Lipinski definition) is 2. The number of esters is 1. The maximum atomic E-state index is 12.0. The molecule has 0 saturated carbocycles. The first kappa shape index (κ1) is 28.2. The molecule has 3 aromatic rings. The monoisotopic (exact) mass is 587 g/mol. The second kappa shape index (κ2) is 11.5. The van der Waals surface area contributed by atoms with E-state index in [-0.39, 0.29) is 38.4 Å². The molecule has 6 heteroatoms. The van der Waals surface area contributed by atoms with Crippen LogP contribution in [-0.4, -0.2) is 44.1 Å². The Morgan fingerprint density at radius 1 is 1.03 bits per heavy atom. The van der Waals surface area contributed by atoms with Crippen LogP contribution in [0.25, 0.3) is 5.57 Å². The second-order valence-corrected chi connectivity index (χ2v) is 13.0. The molecule has 4 rings (SSSR count). The fourth-order valence-electron chi connectivity index (χ4n) is 4.39. The molecular weight excluding hydrogens is 553 g/mol. The first-order chi connectivity index (χ1) is 18.4. The van der Waals surface area contributed by atoms with Gasteiger partial charge in [-0.05, 0) is 20.8 Å². The van der Waals surface area contributed by atoms with Crippen LogP contribution in [0.4, 0.5) is 5.69 Å². The van der Waals surface area contributed by atoms with Crippen molar-refractivity contribution in [2.75, 3.05) is 11.9 Å². The molecular formula is C33H33NO4Se. The van der Waals surface area contributed by atoms with Crippen molar-refractivity contribution in [3.05, 3.63) is 101 Å². The third kappa shape index (κ3) is 7.41. The van der Waals surface area contributed by atoms with Crippen molar-refractivity contribution in [1.82, 2.24) is 0 Å². The number of carboxylic acid groups (broad SMARTS) is 1. The fraction of sp³-hybridized carbons (Fsp3) is 0.273. The number of allylic oxidation sites excluding steroid dienone is 1. The predicted octanol–water partition coefficient (Wildman–Crippen LogP) is 5.59. The molecule has 0 fully saturated rings. The third-order valence-electron chi connectivity index (χ3n) is 6.38. The van der Waals surface area contributed by atoms with E-state index in [1.165, 1.54) is 21.2 Å². The molecule has 200 valence electrons. The average Bonchev–Trinajstić information content (AvgIpc) is 2.87. The molecule has 0 atom stereocenters.